The van der Waals surface area contributed by atoms with Crippen molar-refractivity contribution in [2.24, 2.45) is 0 Å². The van der Waals surface area contributed by atoms with Gasteiger partial charge in [-0.15, -0.1) is 0 Å². The molecule has 2 aliphatic rings. The van der Waals surface area contributed by atoms with Crippen molar-refractivity contribution < 1.29 is 9.53 Å². The maximum atomic E-state index is 12.5. The first-order chi connectivity index (χ1) is 11.8. The van der Waals surface area contributed by atoms with E-state index in [2.05, 4.69) is 15.2 Å². The predicted molar refractivity (Wildman–Crippen MR) is 92.7 cm³/mol. The number of hydrogen-bond acceptors (Lipinski definition) is 4. The summed E-state index contributed by atoms with van der Waals surface area (Å²) < 4.78 is 5.49. The van der Waals surface area contributed by atoms with Gasteiger partial charge >= 0.3 is 6.03 Å². The van der Waals surface area contributed by atoms with Crippen molar-refractivity contribution in [3.8, 4) is 5.75 Å². The topological polar surface area (TPSA) is 57.7 Å². The van der Waals surface area contributed by atoms with Crippen molar-refractivity contribution in [3.05, 3.63) is 48.2 Å². The van der Waals surface area contributed by atoms with Gasteiger partial charge in [0.25, 0.3) is 0 Å². The number of ether oxygens (including phenoxy) is 1. The van der Waals surface area contributed by atoms with Crippen molar-refractivity contribution >= 4 is 17.5 Å². The fourth-order valence-electron chi connectivity index (χ4n) is 3.15. The zero-order chi connectivity index (χ0) is 16.4. The molecule has 0 bridgehead atoms. The van der Waals surface area contributed by atoms with Gasteiger partial charge in [0.15, 0.2) is 0 Å². The van der Waals surface area contributed by atoms with Crippen LogP contribution in [-0.4, -0.2) is 48.7 Å². The van der Waals surface area contributed by atoms with Crippen LogP contribution in [0.5, 0.6) is 5.75 Å². The van der Waals surface area contributed by atoms with E-state index in [-0.39, 0.29) is 6.03 Å². The van der Waals surface area contributed by atoms with Crippen LogP contribution in [0.4, 0.5) is 16.3 Å². The van der Waals surface area contributed by atoms with Crippen LogP contribution in [0.3, 0.4) is 0 Å². The zero-order valence-corrected chi connectivity index (χ0v) is 13.4. The van der Waals surface area contributed by atoms with Crippen molar-refractivity contribution in [2.75, 3.05) is 43.0 Å². The van der Waals surface area contributed by atoms with Crippen molar-refractivity contribution in [1.29, 1.82) is 0 Å². The summed E-state index contributed by atoms with van der Waals surface area (Å²) in [7, 11) is 0. The summed E-state index contributed by atoms with van der Waals surface area (Å²) in [4.78, 5) is 20.9. The lowest BCUT2D eigenvalue weighted by Gasteiger charge is -2.35. The molecule has 1 fully saturated rings. The van der Waals surface area contributed by atoms with Gasteiger partial charge in [0.05, 0.1) is 6.61 Å². The van der Waals surface area contributed by atoms with Crippen LogP contribution in [0.25, 0.3) is 0 Å². The normalized spacial score (nSPS) is 16.5. The van der Waals surface area contributed by atoms with E-state index >= 15 is 0 Å². The van der Waals surface area contributed by atoms with Crippen LogP contribution >= 0.6 is 0 Å². The van der Waals surface area contributed by atoms with E-state index in [1.54, 1.807) is 6.20 Å². The number of piperazine rings is 1. The minimum atomic E-state index is -0.0467. The van der Waals surface area contributed by atoms with E-state index in [1.807, 2.05) is 41.3 Å². The Bertz CT molecular complexity index is 727. The van der Waals surface area contributed by atoms with Gasteiger partial charge in [0.2, 0.25) is 0 Å². The van der Waals surface area contributed by atoms with E-state index in [0.29, 0.717) is 13.1 Å². The van der Waals surface area contributed by atoms with Crippen molar-refractivity contribution in [3.63, 3.8) is 0 Å². The number of nitrogens with zero attached hydrogens (tertiary/aromatic N) is 3. The molecule has 124 valence electrons. The average molecular weight is 324 g/mol. The van der Waals surface area contributed by atoms with Crippen LogP contribution in [0, 0.1) is 0 Å². The van der Waals surface area contributed by atoms with Gasteiger partial charge in [-0.1, -0.05) is 6.07 Å². The van der Waals surface area contributed by atoms with Gasteiger partial charge in [-0.3, -0.25) is 0 Å². The Kier molecular flexibility index (Phi) is 3.94. The second-order valence-electron chi connectivity index (χ2n) is 6.01. The third-order valence-corrected chi connectivity index (χ3v) is 4.48. The maximum absolute atomic E-state index is 12.5. The second kappa shape index (κ2) is 6.39. The fraction of sp³-hybridized carbons (Fsp3) is 0.333. The summed E-state index contributed by atoms with van der Waals surface area (Å²) in [6.07, 6.45) is 2.70. The molecule has 0 saturated carbocycles. The summed E-state index contributed by atoms with van der Waals surface area (Å²) in [5.74, 6) is 1.90. The molecule has 0 spiro atoms. The Labute approximate surface area is 141 Å². The number of pyridine rings is 1. The third kappa shape index (κ3) is 2.99. The molecule has 24 heavy (non-hydrogen) atoms. The highest BCUT2D eigenvalue weighted by Crippen LogP contribution is 2.28. The molecule has 1 aromatic carbocycles. The van der Waals surface area contributed by atoms with E-state index in [0.717, 1.165) is 48.9 Å². The summed E-state index contributed by atoms with van der Waals surface area (Å²) in [6.45, 7) is 3.69. The van der Waals surface area contributed by atoms with E-state index in [4.69, 9.17) is 4.74 Å². The monoisotopic (exact) mass is 324 g/mol. The minimum absolute atomic E-state index is 0.0467. The second-order valence-corrected chi connectivity index (χ2v) is 6.01. The fourth-order valence-corrected chi connectivity index (χ4v) is 3.15. The van der Waals surface area contributed by atoms with Crippen LogP contribution in [0.15, 0.2) is 42.6 Å². The zero-order valence-electron chi connectivity index (χ0n) is 13.4. The number of rotatable bonds is 2. The SMILES string of the molecule is O=C(Nc1ccc2c(c1)CCO2)N1CCN(c2ccccn2)CC1. The molecule has 2 amide bonds. The molecule has 0 atom stereocenters. The van der Waals surface area contributed by atoms with Gasteiger partial charge in [-0.2, -0.15) is 0 Å². The lowest BCUT2D eigenvalue weighted by atomic mass is 10.1. The first-order valence-corrected chi connectivity index (χ1v) is 8.27. The summed E-state index contributed by atoms with van der Waals surface area (Å²) >= 11 is 0. The number of carbonyl (C=O) groups excluding carboxylic acids is 1. The molecule has 1 aromatic heterocycles. The van der Waals surface area contributed by atoms with Crippen LogP contribution in [-0.2, 0) is 6.42 Å². The number of nitrogens with one attached hydrogen (secondary N) is 1. The molecule has 4 rings (SSSR count). The van der Waals surface area contributed by atoms with E-state index < -0.39 is 0 Å². The van der Waals surface area contributed by atoms with Crippen molar-refractivity contribution in [1.82, 2.24) is 9.88 Å². The quantitative estimate of drug-likeness (QED) is 0.921. The molecule has 1 saturated heterocycles. The molecule has 1 N–H and O–H groups in total. The predicted octanol–water partition coefficient (Wildman–Crippen LogP) is 2.37. The minimum Gasteiger partial charge on any atom is -0.493 e. The molecule has 0 aliphatic carbocycles. The Morgan fingerprint density at radius 1 is 1.12 bits per heavy atom. The molecule has 3 heterocycles. The average Bonchev–Trinajstić information content (AvgIpc) is 3.10. The Morgan fingerprint density at radius 3 is 2.79 bits per heavy atom. The van der Waals surface area contributed by atoms with Gasteiger partial charge in [-0.05, 0) is 35.9 Å². The number of carbonyl (C=O) groups is 1. The lowest BCUT2D eigenvalue weighted by Crippen LogP contribution is -2.50. The van der Waals surface area contributed by atoms with Crippen LogP contribution in [0.1, 0.15) is 5.56 Å². The first kappa shape index (κ1) is 14.8. The van der Waals surface area contributed by atoms with Gasteiger partial charge in [0, 0.05) is 44.5 Å². The Balaban J connectivity index is 1.35. The number of fused-ring (bicyclic) bond motifs is 1. The lowest BCUT2D eigenvalue weighted by molar-refractivity contribution is 0.208. The Morgan fingerprint density at radius 2 is 2.00 bits per heavy atom. The van der Waals surface area contributed by atoms with Crippen LogP contribution < -0.4 is 15.0 Å². The standard InChI is InChI=1S/C18H20N4O2/c23-18(20-15-4-5-16-14(13-15)6-12-24-16)22-10-8-21(9-11-22)17-3-1-2-7-19-17/h1-5,7,13H,6,8-12H2,(H,20,23). The largest absolute Gasteiger partial charge is 0.493 e. The molecule has 2 aromatic rings. The summed E-state index contributed by atoms with van der Waals surface area (Å²) in [6, 6.07) is 11.7. The van der Waals surface area contributed by atoms with E-state index in [9.17, 15) is 4.79 Å². The molecule has 0 radical (unpaired) electrons. The first-order valence-electron chi connectivity index (χ1n) is 8.27. The number of urea groups is 1. The number of aromatic nitrogens is 1. The maximum Gasteiger partial charge on any atom is 0.321 e. The number of amides is 2. The number of hydrogen-bond donors (Lipinski definition) is 1. The highest BCUT2D eigenvalue weighted by Gasteiger charge is 2.22. The number of anilines is 2. The van der Waals surface area contributed by atoms with Crippen molar-refractivity contribution in [2.45, 2.75) is 6.42 Å². The molecular formula is C18H20N4O2. The van der Waals surface area contributed by atoms with Crippen LogP contribution in [0.2, 0.25) is 0 Å². The van der Waals surface area contributed by atoms with E-state index in [1.165, 1.54) is 0 Å². The molecule has 6 nitrogen and oxygen atoms in total. The van der Waals surface area contributed by atoms with Gasteiger partial charge in [0.1, 0.15) is 11.6 Å². The molecule has 2 aliphatic heterocycles. The molecular weight excluding hydrogens is 304 g/mol. The van der Waals surface area contributed by atoms with Gasteiger partial charge in [-0.25, -0.2) is 9.78 Å². The third-order valence-electron chi connectivity index (χ3n) is 4.48. The summed E-state index contributed by atoms with van der Waals surface area (Å²) in [5.41, 5.74) is 1.99. The highest BCUT2D eigenvalue weighted by molar-refractivity contribution is 5.89. The Hall–Kier alpha value is -2.76. The smallest absolute Gasteiger partial charge is 0.321 e. The molecule has 0 unspecified atom stereocenters. The summed E-state index contributed by atoms with van der Waals surface area (Å²) in [5, 5.41) is 2.99. The highest BCUT2D eigenvalue weighted by atomic mass is 16.5. The van der Waals surface area contributed by atoms with Gasteiger partial charge < -0.3 is 19.9 Å². The molecule has 6 heteroatoms. The number of benzene rings is 1.